The Balaban J connectivity index is -0.00000000450. The van der Waals surface area contributed by atoms with Crippen LogP contribution in [0.2, 0.25) is 0 Å². The quantitative estimate of drug-likeness (QED) is 0.407. The first-order valence-electron chi connectivity index (χ1n) is 0.612. The maximum absolute atomic E-state index is 8.33. The summed E-state index contributed by atoms with van der Waals surface area (Å²) in [5.41, 5.74) is 0. The minimum atomic E-state index is -2.33. The number of hydrogen-bond donors (Lipinski definition) is 0. The molecular formula is CH2BaNa2O5. The van der Waals surface area contributed by atoms with Gasteiger partial charge in [0.2, 0.25) is 0 Å². The first-order valence-corrected chi connectivity index (χ1v) is 0.612. The molecule has 0 atom stereocenters. The third-order valence-electron chi connectivity index (χ3n) is 0. The Hall–Kier alpha value is 2.76. The average Bonchev–Trinajstić information content (AvgIpc) is 0.811. The van der Waals surface area contributed by atoms with Crippen LogP contribution in [0.25, 0.3) is 0 Å². The molecule has 0 saturated carbocycles. The van der Waals surface area contributed by atoms with Crippen LogP contribution in [-0.2, 0) is 0 Å². The topological polar surface area (TPSA) is 123 Å². The van der Waals surface area contributed by atoms with Gasteiger partial charge >= 0.3 is 108 Å². The second kappa shape index (κ2) is 30.9. The second-order valence-corrected chi connectivity index (χ2v) is 0.250. The van der Waals surface area contributed by atoms with Crippen LogP contribution in [0, 0.1) is 0 Å². The molecule has 0 heterocycles. The van der Waals surface area contributed by atoms with Gasteiger partial charge in [-0.15, -0.1) is 0 Å². The van der Waals surface area contributed by atoms with Crippen molar-refractivity contribution < 1.29 is 85.1 Å². The van der Waals surface area contributed by atoms with Gasteiger partial charge in [-0.25, -0.2) is 0 Å². The molecule has 0 saturated heterocycles. The summed E-state index contributed by atoms with van der Waals surface area (Å²) in [4.78, 5) is 8.33. The Bertz CT molecular complexity index is 37.9. The standard InChI is InChI=1S/CH2O3.Ba.2Na.2H2O/c2-1(3)4;;;;;/h(H2,2,3,4);;;;2*1H2/q;+2;2*+1;;/p-4. The van der Waals surface area contributed by atoms with E-state index in [9.17, 15) is 0 Å². The van der Waals surface area contributed by atoms with Crippen molar-refractivity contribution in [3.05, 3.63) is 0 Å². The second-order valence-electron chi connectivity index (χ2n) is 0.250. The monoisotopic (exact) mass is 278 g/mol. The van der Waals surface area contributed by atoms with Gasteiger partial charge < -0.3 is 26.0 Å². The molecular weight excluding hydrogens is 275 g/mol. The minimum absolute atomic E-state index is 0. The number of carboxylic acid groups (broad SMARTS) is 2. The molecule has 8 heteroatoms. The van der Waals surface area contributed by atoms with E-state index in [1.54, 1.807) is 0 Å². The molecule has 2 N–H and O–H groups in total. The summed E-state index contributed by atoms with van der Waals surface area (Å²) >= 11 is 0. The van der Waals surface area contributed by atoms with Gasteiger partial charge in [0.25, 0.3) is 0 Å². The molecule has 0 aromatic rings. The molecule has 0 aliphatic rings. The summed E-state index contributed by atoms with van der Waals surface area (Å²) < 4.78 is 0. The number of carbonyl (C=O) groups is 1. The SMILES string of the molecule is O=C([O-])[O-].[Ba+2].[Na+].[Na+].[OH-].[OH-]. The fourth-order valence-electron chi connectivity index (χ4n) is 0. The predicted molar refractivity (Wildman–Crippen MR) is 15.0 cm³/mol. The van der Waals surface area contributed by atoms with Crippen molar-refractivity contribution in [2.75, 3.05) is 0 Å². The van der Waals surface area contributed by atoms with E-state index in [1.165, 1.54) is 0 Å². The number of hydrogen-bond acceptors (Lipinski definition) is 5. The van der Waals surface area contributed by atoms with Gasteiger partial charge in [0, 0.05) is 0 Å². The first kappa shape index (κ1) is 41.0. The van der Waals surface area contributed by atoms with Gasteiger partial charge in [0.1, 0.15) is 0 Å². The normalized spacial score (nSPS) is 2.67. The molecule has 0 unspecified atom stereocenters. The Morgan fingerprint density at radius 3 is 1.00 bits per heavy atom. The van der Waals surface area contributed by atoms with Crippen molar-refractivity contribution in [1.82, 2.24) is 0 Å². The Morgan fingerprint density at radius 1 is 1.00 bits per heavy atom. The van der Waals surface area contributed by atoms with Crippen molar-refractivity contribution in [3.8, 4) is 0 Å². The summed E-state index contributed by atoms with van der Waals surface area (Å²) in [5, 5.41) is 16.7. The van der Waals surface area contributed by atoms with Gasteiger partial charge in [-0.1, -0.05) is 0 Å². The largest absolute Gasteiger partial charge is 2.00 e. The van der Waals surface area contributed by atoms with E-state index in [-0.39, 0.29) is 119 Å². The molecule has 0 bridgehead atoms. The Labute approximate surface area is 137 Å². The predicted octanol–water partition coefficient (Wildman–Crippen LogP) is -9.17. The van der Waals surface area contributed by atoms with Crippen LogP contribution in [0.5, 0.6) is 0 Å². The summed E-state index contributed by atoms with van der Waals surface area (Å²) in [7, 11) is 0. The third kappa shape index (κ3) is 108. The molecule has 5 nitrogen and oxygen atoms in total. The molecule has 9 heavy (non-hydrogen) atoms. The summed E-state index contributed by atoms with van der Waals surface area (Å²) in [6.07, 6.45) is -2.33. The van der Waals surface area contributed by atoms with Crippen molar-refractivity contribution in [2.24, 2.45) is 0 Å². The number of rotatable bonds is 0. The molecule has 0 rings (SSSR count). The van der Waals surface area contributed by atoms with E-state index in [0.717, 1.165) is 0 Å². The van der Waals surface area contributed by atoms with Crippen LogP contribution in [0.15, 0.2) is 0 Å². The van der Waals surface area contributed by atoms with Gasteiger partial charge in [0.05, 0.1) is 0 Å². The van der Waals surface area contributed by atoms with E-state index in [0.29, 0.717) is 0 Å². The fraction of sp³-hybridized carbons (Fsp3) is 0. The van der Waals surface area contributed by atoms with Crippen molar-refractivity contribution in [2.45, 2.75) is 0 Å². The van der Waals surface area contributed by atoms with Crippen LogP contribution in [0.4, 0.5) is 4.79 Å². The van der Waals surface area contributed by atoms with E-state index in [2.05, 4.69) is 0 Å². The maximum atomic E-state index is 8.33. The summed E-state index contributed by atoms with van der Waals surface area (Å²) in [5.74, 6) is 0. The van der Waals surface area contributed by atoms with Crippen molar-refractivity contribution >= 4 is 55.0 Å². The van der Waals surface area contributed by atoms with E-state index in [1.807, 2.05) is 0 Å². The van der Waals surface area contributed by atoms with Crippen LogP contribution >= 0.6 is 0 Å². The smallest absolute Gasteiger partial charge is 0.870 e. The maximum Gasteiger partial charge on any atom is 2.00 e. The van der Waals surface area contributed by atoms with Crippen molar-refractivity contribution in [3.63, 3.8) is 0 Å². The first-order chi connectivity index (χ1) is 1.73. The molecule has 0 aromatic carbocycles. The molecule has 0 aromatic heterocycles. The van der Waals surface area contributed by atoms with Gasteiger partial charge in [0.15, 0.2) is 0 Å². The number of carbonyl (C=O) groups excluding carboxylic acids is 1. The Morgan fingerprint density at radius 2 is 1.00 bits per heavy atom. The molecule has 0 fully saturated rings. The minimum Gasteiger partial charge on any atom is -0.870 e. The molecule has 40 valence electrons. The fourth-order valence-corrected chi connectivity index (χ4v) is 0. The molecule has 0 aliphatic heterocycles. The van der Waals surface area contributed by atoms with Crippen LogP contribution in [0.3, 0.4) is 0 Å². The zero-order valence-corrected chi connectivity index (χ0v) is 13.8. The van der Waals surface area contributed by atoms with Gasteiger partial charge in [-0.05, 0) is 6.16 Å². The van der Waals surface area contributed by atoms with Crippen molar-refractivity contribution in [1.29, 1.82) is 0 Å². The zero-order chi connectivity index (χ0) is 3.58. The average molecular weight is 277 g/mol. The van der Waals surface area contributed by atoms with E-state index < -0.39 is 6.16 Å². The van der Waals surface area contributed by atoms with Crippen LogP contribution < -0.4 is 69.3 Å². The van der Waals surface area contributed by atoms with Gasteiger partial charge in [-0.3, -0.25) is 0 Å². The summed E-state index contributed by atoms with van der Waals surface area (Å²) in [6.45, 7) is 0. The van der Waals surface area contributed by atoms with Crippen LogP contribution in [-0.4, -0.2) is 66.0 Å². The molecule has 0 amide bonds. The van der Waals surface area contributed by atoms with Crippen LogP contribution in [0.1, 0.15) is 0 Å². The third-order valence-corrected chi connectivity index (χ3v) is 0. The molecule has 0 radical (unpaired) electrons. The van der Waals surface area contributed by atoms with E-state index in [4.69, 9.17) is 15.0 Å². The molecule has 0 spiro atoms. The Kier molecular flexibility index (Phi) is 141. The zero-order valence-electron chi connectivity index (χ0n) is 5.33. The summed E-state index contributed by atoms with van der Waals surface area (Å²) in [6, 6.07) is 0. The molecule has 0 aliphatic carbocycles. The van der Waals surface area contributed by atoms with Gasteiger partial charge in [-0.2, -0.15) is 0 Å². The van der Waals surface area contributed by atoms with E-state index >= 15 is 0 Å².